The summed E-state index contributed by atoms with van der Waals surface area (Å²) >= 11 is 0. The number of fused-ring (bicyclic) bond motifs is 1. The summed E-state index contributed by atoms with van der Waals surface area (Å²) < 4.78 is 0. The van der Waals surface area contributed by atoms with E-state index in [0.29, 0.717) is 22.0 Å². The number of amides is 4. The van der Waals surface area contributed by atoms with Crippen LogP contribution in [0.2, 0.25) is 0 Å². The molecule has 11 N–H and O–H groups in total. The van der Waals surface area contributed by atoms with Gasteiger partial charge in [0, 0.05) is 29.9 Å². The molecule has 3 aromatic rings. The fraction of sp³-hybridized carbons (Fsp3) is 0.312. The number of rotatable bonds is 19. The second-order valence-corrected chi connectivity index (χ2v) is 11.2. The number of aliphatic carboxylic acids is 4. The topological polar surface area (TPSA) is 307 Å². The first-order valence-electron chi connectivity index (χ1n) is 15.1. The molecule has 0 spiro atoms. The average molecular weight is 697 g/mol. The fourth-order valence-electron chi connectivity index (χ4n) is 4.92. The third kappa shape index (κ3) is 11.4. The zero-order chi connectivity index (χ0) is 37.0. The van der Waals surface area contributed by atoms with Crippen LogP contribution in [0, 0.1) is 0 Å². The van der Waals surface area contributed by atoms with E-state index in [4.69, 9.17) is 10.8 Å². The van der Waals surface area contributed by atoms with E-state index in [-0.39, 0.29) is 12.8 Å². The van der Waals surface area contributed by atoms with Gasteiger partial charge >= 0.3 is 23.9 Å². The van der Waals surface area contributed by atoms with Crippen molar-refractivity contribution in [3.8, 4) is 0 Å². The lowest BCUT2D eigenvalue weighted by molar-refractivity contribution is -0.143. The Labute approximate surface area is 283 Å². The monoisotopic (exact) mass is 696 g/mol. The fourth-order valence-corrected chi connectivity index (χ4v) is 4.92. The summed E-state index contributed by atoms with van der Waals surface area (Å²) in [7, 11) is 0. The third-order valence-corrected chi connectivity index (χ3v) is 7.38. The van der Waals surface area contributed by atoms with Crippen LogP contribution in [0.1, 0.15) is 30.4 Å². The largest absolute Gasteiger partial charge is 0.481 e. The lowest BCUT2D eigenvalue weighted by Gasteiger charge is -2.25. The minimum Gasteiger partial charge on any atom is -0.481 e. The predicted octanol–water partition coefficient (Wildman–Crippen LogP) is -1.27. The zero-order valence-corrected chi connectivity index (χ0v) is 26.3. The van der Waals surface area contributed by atoms with Gasteiger partial charge in [-0.3, -0.25) is 33.6 Å². The van der Waals surface area contributed by atoms with Crippen molar-refractivity contribution in [3.05, 3.63) is 71.9 Å². The molecule has 0 radical (unpaired) electrons. The Bertz CT molecular complexity index is 1740. The maximum atomic E-state index is 13.7. The molecular weight excluding hydrogens is 660 g/mol. The molecule has 266 valence electrons. The third-order valence-electron chi connectivity index (χ3n) is 7.38. The SMILES string of the molecule is N[C@@H](CC(=O)O)C(=O)N[C@@H](CC(=O)O)C(=O)N[C@@H](Cc1c[nH]c2ccccc12)C(=O)N[C@@H](CC(=O)O)C(=O)N[C@@H](Cc1ccccc1)C(=O)O. The van der Waals surface area contributed by atoms with E-state index in [2.05, 4.69) is 26.3 Å². The van der Waals surface area contributed by atoms with Gasteiger partial charge in [0.2, 0.25) is 23.6 Å². The molecule has 0 unspecified atom stereocenters. The summed E-state index contributed by atoms with van der Waals surface area (Å²) in [6.07, 6.45) is -1.74. The Hall–Kier alpha value is -6.30. The van der Waals surface area contributed by atoms with E-state index in [1.165, 1.54) is 6.20 Å². The van der Waals surface area contributed by atoms with Crippen LogP contribution in [0.5, 0.6) is 0 Å². The number of aromatic nitrogens is 1. The van der Waals surface area contributed by atoms with Crippen LogP contribution in [0.25, 0.3) is 10.9 Å². The number of carboxylic acids is 4. The molecule has 0 aliphatic rings. The number of para-hydroxylation sites is 1. The van der Waals surface area contributed by atoms with E-state index in [1.807, 2.05) is 0 Å². The van der Waals surface area contributed by atoms with Crippen molar-refractivity contribution in [3.63, 3.8) is 0 Å². The van der Waals surface area contributed by atoms with E-state index in [0.717, 1.165) is 0 Å². The number of aromatic amines is 1. The molecular formula is C32H36N6O12. The molecule has 1 heterocycles. The van der Waals surface area contributed by atoms with Crippen LogP contribution < -0.4 is 27.0 Å². The van der Waals surface area contributed by atoms with Crippen LogP contribution in [0.3, 0.4) is 0 Å². The van der Waals surface area contributed by atoms with Crippen molar-refractivity contribution in [2.45, 2.75) is 62.3 Å². The second kappa shape index (κ2) is 17.7. The molecule has 0 bridgehead atoms. The highest BCUT2D eigenvalue weighted by Gasteiger charge is 2.34. The molecule has 4 amide bonds. The first-order chi connectivity index (χ1) is 23.6. The highest BCUT2D eigenvalue weighted by Crippen LogP contribution is 2.19. The van der Waals surface area contributed by atoms with Crippen molar-refractivity contribution >= 4 is 58.4 Å². The lowest BCUT2D eigenvalue weighted by Crippen LogP contribution is -2.59. The standard InChI is InChI=1S/C32H36N6O12/c33-19(12-25(39)40)28(45)35-22(13-26(41)42)30(47)36-21(11-17-15-34-20-9-5-4-8-18(17)20)29(46)37-23(14-27(43)44)31(48)38-24(32(49)50)10-16-6-2-1-3-7-16/h1-9,15,19,21-24,34H,10-14,33H2,(H,35,45)(H,36,47)(H,37,46)(H,38,48)(H,39,40)(H,41,42)(H,43,44)(H,49,50)/t19-,21-,22-,23-,24-/m0/s1. The molecule has 0 saturated carbocycles. The Balaban J connectivity index is 1.90. The summed E-state index contributed by atoms with van der Waals surface area (Å²) in [5, 5.41) is 47.0. The van der Waals surface area contributed by atoms with E-state index in [1.54, 1.807) is 54.6 Å². The van der Waals surface area contributed by atoms with Gasteiger partial charge in [-0.05, 0) is 17.2 Å². The second-order valence-electron chi connectivity index (χ2n) is 11.2. The summed E-state index contributed by atoms with van der Waals surface area (Å²) in [5.41, 5.74) is 7.21. The molecule has 0 aliphatic carbocycles. The summed E-state index contributed by atoms with van der Waals surface area (Å²) in [6, 6.07) is 6.68. The van der Waals surface area contributed by atoms with Crippen molar-refractivity contribution in [1.29, 1.82) is 0 Å². The van der Waals surface area contributed by atoms with Crippen LogP contribution >= 0.6 is 0 Å². The predicted molar refractivity (Wildman–Crippen MR) is 172 cm³/mol. The van der Waals surface area contributed by atoms with Crippen LogP contribution in [0.15, 0.2) is 60.8 Å². The van der Waals surface area contributed by atoms with Crippen molar-refractivity contribution in [2.75, 3.05) is 0 Å². The smallest absolute Gasteiger partial charge is 0.326 e. The quantitative estimate of drug-likeness (QED) is 0.0700. The van der Waals surface area contributed by atoms with Crippen molar-refractivity contribution < 1.29 is 58.8 Å². The summed E-state index contributed by atoms with van der Waals surface area (Å²) in [4.78, 5) is 102. The number of carbonyl (C=O) groups excluding carboxylic acids is 4. The van der Waals surface area contributed by atoms with E-state index < -0.39 is 97.0 Å². The normalized spacial score (nSPS) is 13.9. The van der Waals surface area contributed by atoms with Crippen molar-refractivity contribution in [1.82, 2.24) is 26.3 Å². The molecule has 2 aromatic carbocycles. The zero-order valence-electron chi connectivity index (χ0n) is 26.3. The van der Waals surface area contributed by atoms with Gasteiger partial charge in [-0.15, -0.1) is 0 Å². The maximum absolute atomic E-state index is 13.7. The van der Waals surface area contributed by atoms with Gasteiger partial charge in [0.1, 0.15) is 24.2 Å². The highest BCUT2D eigenvalue weighted by atomic mass is 16.4. The van der Waals surface area contributed by atoms with Gasteiger partial charge in [0.25, 0.3) is 0 Å². The summed E-state index contributed by atoms with van der Waals surface area (Å²) in [6.45, 7) is 0. The Morgan fingerprint density at radius 3 is 1.62 bits per heavy atom. The van der Waals surface area contributed by atoms with Gasteiger partial charge in [0.15, 0.2) is 0 Å². The molecule has 0 aliphatic heterocycles. The molecule has 5 atom stereocenters. The number of carboxylic acid groups (broad SMARTS) is 4. The van der Waals surface area contributed by atoms with Gasteiger partial charge in [-0.1, -0.05) is 48.5 Å². The minimum atomic E-state index is -1.84. The highest BCUT2D eigenvalue weighted by molar-refractivity contribution is 5.98. The van der Waals surface area contributed by atoms with E-state index in [9.17, 15) is 53.7 Å². The van der Waals surface area contributed by atoms with Gasteiger partial charge in [0.05, 0.1) is 25.3 Å². The van der Waals surface area contributed by atoms with Gasteiger partial charge in [-0.25, -0.2) is 4.79 Å². The van der Waals surface area contributed by atoms with Gasteiger partial charge < -0.3 is 52.4 Å². The molecule has 18 heteroatoms. The Morgan fingerprint density at radius 2 is 1.06 bits per heavy atom. The first kappa shape index (κ1) is 38.2. The number of carbonyl (C=O) groups is 8. The number of hydrogen-bond acceptors (Lipinski definition) is 9. The number of hydrogen-bond donors (Lipinski definition) is 10. The van der Waals surface area contributed by atoms with E-state index >= 15 is 0 Å². The molecule has 18 nitrogen and oxygen atoms in total. The Kier molecular flexibility index (Phi) is 13.5. The van der Waals surface area contributed by atoms with Crippen LogP contribution in [-0.4, -0.2) is 103 Å². The molecule has 1 aromatic heterocycles. The number of H-pyrrole nitrogens is 1. The van der Waals surface area contributed by atoms with Crippen LogP contribution in [-0.2, 0) is 51.2 Å². The molecule has 50 heavy (non-hydrogen) atoms. The average Bonchev–Trinajstić information content (AvgIpc) is 3.45. The Morgan fingerprint density at radius 1 is 0.580 bits per heavy atom. The maximum Gasteiger partial charge on any atom is 0.326 e. The number of benzene rings is 2. The number of nitrogens with one attached hydrogen (secondary N) is 5. The van der Waals surface area contributed by atoms with Crippen molar-refractivity contribution in [2.24, 2.45) is 5.73 Å². The molecule has 0 saturated heterocycles. The first-order valence-corrected chi connectivity index (χ1v) is 15.1. The molecule has 3 rings (SSSR count). The minimum absolute atomic E-state index is 0.165. The van der Waals surface area contributed by atoms with Gasteiger partial charge in [-0.2, -0.15) is 0 Å². The van der Waals surface area contributed by atoms with Crippen LogP contribution in [0.4, 0.5) is 0 Å². The number of nitrogens with two attached hydrogens (primary N) is 1. The molecule has 0 fully saturated rings. The summed E-state index contributed by atoms with van der Waals surface area (Å²) in [5.74, 6) is -10.5. The lowest BCUT2D eigenvalue weighted by atomic mass is 10.0.